The summed E-state index contributed by atoms with van der Waals surface area (Å²) >= 11 is 3.50. The Bertz CT molecular complexity index is 350. The quantitative estimate of drug-likeness (QED) is 0.778. The fraction of sp³-hybridized carbons (Fsp3) is 0.571. The maximum atomic E-state index is 3.51. The minimum absolute atomic E-state index is 0.882. The normalized spacial score (nSPS) is 15.5. The first-order valence-corrected chi connectivity index (χ1v) is 7.28. The van der Waals surface area contributed by atoms with Crippen LogP contribution in [0.15, 0.2) is 28.7 Å². The highest BCUT2D eigenvalue weighted by Gasteiger charge is 2.26. The summed E-state index contributed by atoms with van der Waals surface area (Å²) in [4.78, 5) is 2.58. The Labute approximate surface area is 113 Å². The fourth-order valence-electron chi connectivity index (χ4n) is 2.14. The van der Waals surface area contributed by atoms with Crippen LogP contribution >= 0.6 is 15.9 Å². The molecule has 0 radical (unpaired) electrons. The lowest BCUT2D eigenvalue weighted by Gasteiger charge is -2.19. The van der Waals surface area contributed by atoms with Crippen LogP contribution in [0, 0.1) is 0 Å². The number of benzene rings is 1. The maximum Gasteiger partial charge on any atom is 0.0206 e. The Kier molecular flexibility index (Phi) is 5.01. The van der Waals surface area contributed by atoms with Gasteiger partial charge in [0.05, 0.1) is 0 Å². The van der Waals surface area contributed by atoms with E-state index in [1.54, 1.807) is 0 Å². The topological polar surface area (TPSA) is 15.3 Å². The number of halogens is 1. The molecule has 0 amide bonds. The maximum absolute atomic E-state index is 3.51. The van der Waals surface area contributed by atoms with E-state index in [0.717, 1.165) is 23.6 Å². The first-order valence-electron chi connectivity index (χ1n) is 6.49. The number of hydrogen-bond acceptors (Lipinski definition) is 2. The van der Waals surface area contributed by atoms with E-state index < -0.39 is 0 Å². The van der Waals surface area contributed by atoms with Gasteiger partial charge in [-0.3, -0.25) is 4.90 Å². The molecule has 0 unspecified atom stereocenters. The molecule has 1 aliphatic rings. The van der Waals surface area contributed by atoms with Crippen molar-refractivity contribution in [1.29, 1.82) is 0 Å². The van der Waals surface area contributed by atoms with E-state index in [1.165, 1.54) is 31.5 Å². The lowest BCUT2D eigenvalue weighted by molar-refractivity contribution is 0.277. The highest BCUT2D eigenvalue weighted by atomic mass is 79.9. The zero-order valence-corrected chi connectivity index (χ0v) is 12.0. The van der Waals surface area contributed by atoms with Crippen LogP contribution in [0.3, 0.4) is 0 Å². The predicted octanol–water partition coefficient (Wildman–Crippen LogP) is 3.02. The summed E-state index contributed by atoms with van der Waals surface area (Å²) in [7, 11) is 0. The van der Waals surface area contributed by atoms with Crippen molar-refractivity contribution in [3.8, 4) is 0 Å². The first kappa shape index (κ1) is 13.1. The molecule has 0 heterocycles. The fourth-order valence-corrected chi connectivity index (χ4v) is 2.59. The zero-order valence-electron chi connectivity index (χ0n) is 10.5. The Balaban J connectivity index is 1.65. The van der Waals surface area contributed by atoms with Crippen LogP contribution in [0.2, 0.25) is 0 Å². The second kappa shape index (κ2) is 6.53. The molecule has 94 valence electrons. The Morgan fingerprint density at radius 3 is 2.88 bits per heavy atom. The van der Waals surface area contributed by atoms with E-state index in [2.05, 4.69) is 57.3 Å². The second-order valence-electron chi connectivity index (χ2n) is 4.67. The van der Waals surface area contributed by atoms with E-state index in [1.807, 2.05) is 0 Å². The van der Waals surface area contributed by atoms with E-state index in [4.69, 9.17) is 0 Å². The molecule has 1 saturated carbocycles. The number of likely N-dealkylation sites (N-methyl/N-ethyl adjacent to an activating group) is 1. The third kappa shape index (κ3) is 4.41. The van der Waals surface area contributed by atoms with Crippen LogP contribution in [0.25, 0.3) is 0 Å². The molecule has 2 nitrogen and oxygen atoms in total. The van der Waals surface area contributed by atoms with E-state index in [9.17, 15) is 0 Å². The molecular weight excluding hydrogens is 276 g/mol. The lowest BCUT2D eigenvalue weighted by atomic mass is 10.2. The van der Waals surface area contributed by atoms with Crippen molar-refractivity contribution in [2.24, 2.45) is 0 Å². The standard InChI is InChI=1S/C14H21BrN2/c1-2-17(14-6-7-14)9-8-16-11-12-4-3-5-13(15)10-12/h3-5,10,14,16H,2,6-9,11H2,1H3. The molecule has 1 aliphatic carbocycles. The van der Waals surface area contributed by atoms with E-state index >= 15 is 0 Å². The van der Waals surface area contributed by atoms with Gasteiger partial charge in [0.1, 0.15) is 0 Å². The van der Waals surface area contributed by atoms with Crippen LogP contribution in [-0.2, 0) is 6.54 Å². The zero-order chi connectivity index (χ0) is 12.1. The van der Waals surface area contributed by atoms with Gasteiger partial charge >= 0.3 is 0 Å². The lowest BCUT2D eigenvalue weighted by Crippen LogP contribution is -2.33. The second-order valence-corrected chi connectivity index (χ2v) is 5.58. The summed E-state index contributed by atoms with van der Waals surface area (Å²) in [5, 5.41) is 3.51. The Hall–Kier alpha value is -0.380. The van der Waals surface area contributed by atoms with Gasteiger partial charge in [-0.1, -0.05) is 35.0 Å². The van der Waals surface area contributed by atoms with Gasteiger partial charge in [0.15, 0.2) is 0 Å². The van der Waals surface area contributed by atoms with Gasteiger partial charge in [-0.25, -0.2) is 0 Å². The highest BCUT2D eigenvalue weighted by Crippen LogP contribution is 2.25. The average molecular weight is 297 g/mol. The Morgan fingerprint density at radius 2 is 2.24 bits per heavy atom. The number of rotatable bonds is 7. The van der Waals surface area contributed by atoms with E-state index in [0.29, 0.717) is 0 Å². The van der Waals surface area contributed by atoms with Gasteiger partial charge in [0.2, 0.25) is 0 Å². The van der Waals surface area contributed by atoms with Gasteiger partial charge in [-0.05, 0) is 37.1 Å². The van der Waals surface area contributed by atoms with Crippen LogP contribution in [0.4, 0.5) is 0 Å². The van der Waals surface area contributed by atoms with Gasteiger partial charge in [-0.2, -0.15) is 0 Å². The molecule has 2 rings (SSSR count). The van der Waals surface area contributed by atoms with Crippen molar-refractivity contribution in [3.05, 3.63) is 34.3 Å². The molecule has 0 saturated heterocycles. The number of nitrogens with zero attached hydrogens (tertiary/aromatic N) is 1. The summed E-state index contributed by atoms with van der Waals surface area (Å²) in [5.41, 5.74) is 1.34. The molecular formula is C14H21BrN2. The Morgan fingerprint density at radius 1 is 1.41 bits per heavy atom. The monoisotopic (exact) mass is 296 g/mol. The van der Waals surface area contributed by atoms with Crippen LogP contribution < -0.4 is 5.32 Å². The van der Waals surface area contributed by atoms with Crippen molar-refractivity contribution in [2.45, 2.75) is 32.4 Å². The molecule has 1 aromatic rings. The van der Waals surface area contributed by atoms with Gasteiger partial charge in [0, 0.05) is 30.1 Å². The summed E-state index contributed by atoms with van der Waals surface area (Å²) < 4.78 is 1.16. The largest absolute Gasteiger partial charge is 0.311 e. The van der Waals surface area contributed by atoms with Gasteiger partial charge < -0.3 is 5.32 Å². The molecule has 0 atom stereocenters. The SMILES string of the molecule is CCN(CCNCc1cccc(Br)c1)C1CC1. The van der Waals surface area contributed by atoms with Crippen LogP contribution in [0.1, 0.15) is 25.3 Å². The third-order valence-corrected chi connectivity index (χ3v) is 3.76. The molecule has 3 heteroatoms. The van der Waals surface area contributed by atoms with Gasteiger partial charge in [0.25, 0.3) is 0 Å². The molecule has 17 heavy (non-hydrogen) atoms. The van der Waals surface area contributed by atoms with E-state index in [-0.39, 0.29) is 0 Å². The molecule has 0 aromatic heterocycles. The number of hydrogen-bond donors (Lipinski definition) is 1. The molecule has 1 N–H and O–H groups in total. The van der Waals surface area contributed by atoms with Crippen molar-refractivity contribution < 1.29 is 0 Å². The van der Waals surface area contributed by atoms with Crippen molar-refractivity contribution in [1.82, 2.24) is 10.2 Å². The molecule has 1 aromatic carbocycles. The molecule has 0 bridgehead atoms. The van der Waals surface area contributed by atoms with Crippen LogP contribution in [-0.4, -0.2) is 30.6 Å². The van der Waals surface area contributed by atoms with Crippen molar-refractivity contribution >= 4 is 15.9 Å². The number of nitrogens with one attached hydrogen (secondary N) is 1. The first-order chi connectivity index (χ1) is 8.29. The summed E-state index contributed by atoms with van der Waals surface area (Å²) in [6.45, 7) is 6.66. The minimum atomic E-state index is 0.882. The molecule has 0 spiro atoms. The third-order valence-electron chi connectivity index (χ3n) is 3.26. The average Bonchev–Trinajstić information content (AvgIpc) is 3.13. The molecule has 0 aliphatic heterocycles. The van der Waals surface area contributed by atoms with Crippen molar-refractivity contribution in [3.63, 3.8) is 0 Å². The smallest absolute Gasteiger partial charge is 0.0206 e. The highest BCUT2D eigenvalue weighted by molar-refractivity contribution is 9.10. The predicted molar refractivity (Wildman–Crippen MR) is 76.1 cm³/mol. The summed E-state index contributed by atoms with van der Waals surface area (Å²) in [6, 6.07) is 9.37. The molecule has 1 fully saturated rings. The van der Waals surface area contributed by atoms with Gasteiger partial charge in [-0.15, -0.1) is 0 Å². The van der Waals surface area contributed by atoms with Crippen molar-refractivity contribution in [2.75, 3.05) is 19.6 Å². The summed E-state index contributed by atoms with van der Waals surface area (Å²) in [5.74, 6) is 0. The minimum Gasteiger partial charge on any atom is -0.311 e. The summed E-state index contributed by atoms with van der Waals surface area (Å²) in [6.07, 6.45) is 2.80. The van der Waals surface area contributed by atoms with Crippen LogP contribution in [0.5, 0.6) is 0 Å².